The number of carbonyl (C=O) groups excluding carboxylic acids is 1. The average molecular weight is 434 g/mol. The van der Waals surface area contributed by atoms with Crippen molar-refractivity contribution >= 4 is 28.1 Å². The molecule has 0 radical (unpaired) electrons. The van der Waals surface area contributed by atoms with Crippen LogP contribution >= 0.6 is 11.3 Å². The Kier molecular flexibility index (Phi) is 6.18. The van der Waals surface area contributed by atoms with Crippen LogP contribution < -0.4 is 10.9 Å². The molecule has 0 bridgehead atoms. The molecule has 7 nitrogen and oxygen atoms in total. The molecule has 0 aliphatic carbocycles. The molecule has 0 saturated carbocycles. The molecule has 0 spiro atoms. The van der Waals surface area contributed by atoms with Gasteiger partial charge in [0, 0.05) is 23.9 Å². The second-order valence-electron chi connectivity index (χ2n) is 7.58. The van der Waals surface area contributed by atoms with Crippen LogP contribution in [0.2, 0.25) is 0 Å². The summed E-state index contributed by atoms with van der Waals surface area (Å²) in [6, 6.07) is 16.3. The number of thiazole rings is 1. The number of amides is 1. The number of nitrogens with zero attached hydrogens (tertiary/aromatic N) is 4. The SMILES string of the molecule is CC(C)C(C(=O)NCCc1nc(-c2ccccc2)cs1)n1nnc2ccccc2c1=O. The molecule has 8 heteroatoms. The number of fused-ring (bicyclic) bond motifs is 1. The van der Waals surface area contributed by atoms with Crippen molar-refractivity contribution in [3.63, 3.8) is 0 Å². The molecule has 0 aliphatic heterocycles. The number of aromatic nitrogens is 4. The summed E-state index contributed by atoms with van der Waals surface area (Å²) < 4.78 is 1.19. The third kappa shape index (κ3) is 4.54. The number of rotatable bonds is 7. The van der Waals surface area contributed by atoms with Crippen LogP contribution in [0.4, 0.5) is 0 Å². The highest BCUT2D eigenvalue weighted by atomic mass is 32.1. The number of carbonyl (C=O) groups is 1. The summed E-state index contributed by atoms with van der Waals surface area (Å²) in [6.45, 7) is 4.21. The van der Waals surface area contributed by atoms with E-state index in [0.29, 0.717) is 23.9 Å². The lowest BCUT2D eigenvalue weighted by atomic mass is 10.0. The van der Waals surface area contributed by atoms with Gasteiger partial charge < -0.3 is 5.32 Å². The minimum absolute atomic E-state index is 0.127. The van der Waals surface area contributed by atoms with Crippen LogP contribution in [-0.2, 0) is 11.2 Å². The fraction of sp³-hybridized carbons (Fsp3) is 0.261. The van der Waals surface area contributed by atoms with E-state index in [1.54, 1.807) is 35.6 Å². The highest BCUT2D eigenvalue weighted by Crippen LogP contribution is 2.22. The topological polar surface area (TPSA) is 89.8 Å². The van der Waals surface area contributed by atoms with Crippen molar-refractivity contribution in [3.05, 3.63) is 75.3 Å². The fourth-order valence-corrected chi connectivity index (χ4v) is 4.25. The molecule has 2 aromatic heterocycles. The van der Waals surface area contributed by atoms with Crippen LogP contribution in [-0.4, -0.2) is 32.4 Å². The second kappa shape index (κ2) is 9.18. The van der Waals surface area contributed by atoms with Crippen molar-refractivity contribution in [3.8, 4) is 11.3 Å². The van der Waals surface area contributed by atoms with Crippen molar-refractivity contribution in [1.29, 1.82) is 0 Å². The predicted octanol–water partition coefficient (Wildman–Crippen LogP) is 3.47. The molecule has 158 valence electrons. The van der Waals surface area contributed by atoms with E-state index in [9.17, 15) is 9.59 Å². The summed E-state index contributed by atoms with van der Waals surface area (Å²) in [4.78, 5) is 30.5. The Balaban J connectivity index is 1.45. The lowest BCUT2D eigenvalue weighted by Gasteiger charge is -2.21. The molecule has 1 atom stereocenters. The molecular formula is C23H23N5O2S. The van der Waals surface area contributed by atoms with Gasteiger partial charge in [0.1, 0.15) is 11.6 Å². The molecule has 31 heavy (non-hydrogen) atoms. The van der Waals surface area contributed by atoms with Gasteiger partial charge in [-0.3, -0.25) is 9.59 Å². The maximum absolute atomic E-state index is 12.9. The Labute approximate surface area is 183 Å². The van der Waals surface area contributed by atoms with Gasteiger partial charge in [-0.25, -0.2) is 4.98 Å². The summed E-state index contributed by atoms with van der Waals surface area (Å²) in [5, 5.41) is 14.5. The van der Waals surface area contributed by atoms with E-state index in [1.807, 2.05) is 49.6 Å². The molecular weight excluding hydrogens is 410 g/mol. The Morgan fingerprint density at radius 1 is 1.10 bits per heavy atom. The summed E-state index contributed by atoms with van der Waals surface area (Å²) in [7, 11) is 0. The van der Waals surface area contributed by atoms with Gasteiger partial charge in [0.2, 0.25) is 5.91 Å². The maximum atomic E-state index is 12.9. The third-order valence-corrected chi connectivity index (χ3v) is 5.92. The molecule has 0 aliphatic rings. The Morgan fingerprint density at radius 2 is 1.84 bits per heavy atom. The molecule has 0 saturated heterocycles. The third-order valence-electron chi connectivity index (χ3n) is 5.01. The van der Waals surface area contributed by atoms with Crippen LogP contribution in [0.5, 0.6) is 0 Å². The zero-order valence-corrected chi connectivity index (χ0v) is 18.2. The van der Waals surface area contributed by atoms with E-state index < -0.39 is 6.04 Å². The van der Waals surface area contributed by atoms with E-state index >= 15 is 0 Å². The lowest BCUT2D eigenvalue weighted by Crippen LogP contribution is -2.42. The molecule has 1 unspecified atom stereocenters. The molecule has 4 aromatic rings. The zero-order chi connectivity index (χ0) is 21.8. The van der Waals surface area contributed by atoms with E-state index in [0.717, 1.165) is 16.3 Å². The Bertz CT molecular complexity index is 1250. The first-order chi connectivity index (χ1) is 15.0. The number of nitrogens with one attached hydrogen (secondary N) is 1. The van der Waals surface area contributed by atoms with Crippen molar-refractivity contribution in [2.24, 2.45) is 5.92 Å². The summed E-state index contributed by atoms with van der Waals surface area (Å²) in [6.07, 6.45) is 0.617. The molecule has 1 amide bonds. The van der Waals surface area contributed by atoms with E-state index in [1.165, 1.54) is 4.68 Å². The van der Waals surface area contributed by atoms with Crippen LogP contribution in [0.15, 0.2) is 64.8 Å². The van der Waals surface area contributed by atoms with Gasteiger partial charge in [-0.1, -0.05) is 61.5 Å². The van der Waals surface area contributed by atoms with Gasteiger partial charge >= 0.3 is 0 Å². The largest absolute Gasteiger partial charge is 0.354 e. The van der Waals surface area contributed by atoms with Gasteiger partial charge in [0.25, 0.3) is 5.56 Å². The van der Waals surface area contributed by atoms with Gasteiger partial charge in [-0.15, -0.1) is 16.4 Å². The Morgan fingerprint density at radius 3 is 2.61 bits per heavy atom. The molecule has 1 N–H and O–H groups in total. The zero-order valence-electron chi connectivity index (χ0n) is 17.4. The fourth-order valence-electron chi connectivity index (χ4n) is 3.44. The van der Waals surface area contributed by atoms with Gasteiger partial charge in [-0.05, 0) is 18.1 Å². The molecule has 4 rings (SSSR count). The number of benzene rings is 2. The minimum atomic E-state index is -0.735. The van der Waals surface area contributed by atoms with Crippen molar-refractivity contribution in [1.82, 2.24) is 25.3 Å². The van der Waals surface area contributed by atoms with Crippen LogP contribution in [0, 0.1) is 5.92 Å². The molecule has 2 aromatic carbocycles. The second-order valence-corrected chi connectivity index (χ2v) is 8.52. The number of hydrogen-bond donors (Lipinski definition) is 1. The lowest BCUT2D eigenvalue weighted by molar-refractivity contribution is -0.126. The first-order valence-corrected chi connectivity index (χ1v) is 11.0. The normalized spacial score (nSPS) is 12.2. The highest BCUT2D eigenvalue weighted by Gasteiger charge is 2.27. The first-order valence-electron chi connectivity index (χ1n) is 10.2. The Hall–Kier alpha value is -3.39. The van der Waals surface area contributed by atoms with Gasteiger partial charge in [-0.2, -0.15) is 4.68 Å². The minimum Gasteiger partial charge on any atom is -0.354 e. The molecule has 0 fully saturated rings. The van der Waals surface area contributed by atoms with Gasteiger partial charge in [0.15, 0.2) is 0 Å². The van der Waals surface area contributed by atoms with Crippen molar-refractivity contribution < 1.29 is 4.79 Å². The highest BCUT2D eigenvalue weighted by molar-refractivity contribution is 7.09. The first kappa shape index (κ1) is 20.9. The van der Waals surface area contributed by atoms with Crippen molar-refractivity contribution in [2.45, 2.75) is 26.3 Å². The van der Waals surface area contributed by atoms with Crippen LogP contribution in [0.25, 0.3) is 22.2 Å². The molecule has 2 heterocycles. The average Bonchev–Trinajstić information content (AvgIpc) is 3.25. The predicted molar refractivity (Wildman–Crippen MR) is 122 cm³/mol. The van der Waals surface area contributed by atoms with E-state index in [4.69, 9.17) is 0 Å². The van der Waals surface area contributed by atoms with E-state index in [-0.39, 0.29) is 17.4 Å². The van der Waals surface area contributed by atoms with Crippen LogP contribution in [0.3, 0.4) is 0 Å². The summed E-state index contributed by atoms with van der Waals surface area (Å²) in [5.41, 5.74) is 2.21. The number of hydrogen-bond acceptors (Lipinski definition) is 6. The van der Waals surface area contributed by atoms with Crippen molar-refractivity contribution in [2.75, 3.05) is 6.54 Å². The smallest absolute Gasteiger partial charge is 0.278 e. The van der Waals surface area contributed by atoms with Crippen LogP contribution in [0.1, 0.15) is 24.9 Å². The maximum Gasteiger partial charge on any atom is 0.278 e. The van der Waals surface area contributed by atoms with E-state index in [2.05, 4.69) is 20.6 Å². The standard InChI is InChI=1S/C23H23N5O2S/c1-15(2)21(28-23(30)17-10-6-7-11-18(17)26-27-28)22(29)24-13-12-20-25-19(14-31-20)16-8-4-3-5-9-16/h3-11,14-15,21H,12-13H2,1-2H3,(H,24,29). The quantitative estimate of drug-likeness (QED) is 0.482. The summed E-state index contributed by atoms with van der Waals surface area (Å²) >= 11 is 1.57. The monoisotopic (exact) mass is 433 g/mol. The summed E-state index contributed by atoms with van der Waals surface area (Å²) in [5.74, 6) is -0.376. The van der Waals surface area contributed by atoms with Gasteiger partial charge in [0.05, 0.1) is 16.1 Å².